The van der Waals surface area contributed by atoms with Crippen LogP contribution >= 0.6 is 0 Å². The first-order valence-corrected chi connectivity index (χ1v) is 9.49. The summed E-state index contributed by atoms with van der Waals surface area (Å²) in [5.74, 6) is 1.32. The van der Waals surface area contributed by atoms with Gasteiger partial charge in [-0.05, 0) is 31.5 Å². The van der Waals surface area contributed by atoms with Crippen LogP contribution in [0.2, 0.25) is 0 Å². The molecule has 1 heterocycles. The number of carbonyl (C=O) groups is 2. The number of carbonyl (C=O) groups excluding carboxylic acids is 2. The summed E-state index contributed by atoms with van der Waals surface area (Å²) in [6.45, 7) is 5.05. The molecule has 2 amide bonds. The largest absolute Gasteiger partial charge is 0.490 e. The molecule has 0 spiro atoms. The summed E-state index contributed by atoms with van der Waals surface area (Å²) in [4.78, 5) is 24.4. The Kier molecular flexibility index (Phi) is 7.88. The van der Waals surface area contributed by atoms with Crippen LogP contribution in [-0.2, 0) is 22.7 Å². The number of benzene rings is 1. The van der Waals surface area contributed by atoms with E-state index in [1.54, 1.807) is 38.0 Å². The molecule has 3 N–H and O–H groups in total. The van der Waals surface area contributed by atoms with Crippen molar-refractivity contribution in [2.45, 2.75) is 39.5 Å². The Balaban J connectivity index is 2.02. The molecular weight excluding hydrogens is 374 g/mol. The lowest BCUT2D eigenvalue weighted by Crippen LogP contribution is -2.35. The predicted molar refractivity (Wildman–Crippen MR) is 110 cm³/mol. The van der Waals surface area contributed by atoms with Gasteiger partial charge in [-0.2, -0.15) is 5.10 Å². The number of amides is 2. The number of hydrogen-bond acceptors (Lipinski definition) is 6. The minimum absolute atomic E-state index is 0.120. The molecule has 0 aliphatic rings. The first-order chi connectivity index (χ1) is 13.8. The molecule has 0 unspecified atom stereocenters. The number of aromatic nitrogens is 2. The van der Waals surface area contributed by atoms with Crippen molar-refractivity contribution in [2.24, 2.45) is 5.73 Å². The zero-order valence-corrected chi connectivity index (χ0v) is 17.3. The Hall–Kier alpha value is -3.23. The van der Waals surface area contributed by atoms with Crippen molar-refractivity contribution in [3.05, 3.63) is 36.0 Å². The molecule has 0 fully saturated rings. The molecule has 0 radical (unpaired) electrons. The highest BCUT2D eigenvalue weighted by Crippen LogP contribution is 2.30. The number of aryl methyl sites for hydroxylation is 1. The van der Waals surface area contributed by atoms with Gasteiger partial charge in [-0.3, -0.25) is 14.3 Å². The van der Waals surface area contributed by atoms with Crippen molar-refractivity contribution in [3.8, 4) is 11.5 Å². The fourth-order valence-electron chi connectivity index (χ4n) is 2.63. The van der Waals surface area contributed by atoms with Gasteiger partial charge in [-0.25, -0.2) is 0 Å². The molecule has 1 aromatic carbocycles. The smallest absolute Gasteiger partial charge is 0.262 e. The van der Waals surface area contributed by atoms with E-state index in [0.717, 1.165) is 5.56 Å². The predicted octanol–water partition coefficient (Wildman–Crippen LogP) is 1.62. The summed E-state index contributed by atoms with van der Waals surface area (Å²) in [6, 6.07) is 7.41. The number of nitrogens with two attached hydrogens (primary N) is 1. The second-order valence-electron chi connectivity index (χ2n) is 6.74. The molecule has 0 aliphatic heterocycles. The summed E-state index contributed by atoms with van der Waals surface area (Å²) >= 11 is 0. The number of primary amides is 1. The van der Waals surface area contributed by atoms with Gasteiger partial charge in [0.25, 0.3) is 5.91 Å². The molecule has 158 valence electrons. The van der Waals surface area contributed by atoms with Gasteiger partial charge in [0.05, 0.1) is 6.61 Å². The quantitative estimate of drug-likeness (QED) is 0.590. The molecule has 1 aromatic heterocycles. The van der Waals surface area contributed by atoms with E-state index in [-0.39, 0.29) is 18.2 Å². The highest BCUT2D eigenvalue weighted by molar-refractivity contribution is 5.80. The van der Waals surface area contributed by atoms with Crippen molar-refractivity contribution in [1.82, 2.24) is 14.7 Å². The van der Waals surface area contributed by atoms with Crippen molar-refractivity contribution in [3.63, 3.8) is 0 Å². The lowest BCUT2D eigenvalue weighted by Gasteiger charge is -2.20. The summed E-state index contributed by atoms with van der Waals surface area (Å²) in [7, 11) is 3.38. The monoisotopic (exact) mass is 403 g/mol. The first kappa shape index (κ1) is 22.1. The SMILES string of the molecule is CCOc1cc(CNc2ccn(CCC(N)=O)n2)ccc1O[C@@H](C)C(=O)N(C)C. The van der Waals surface area contributed by atoms with Crippen LogP contribution in [0.5, 0.6) is 11.5 Å². The standard InChI is InChI=1S/C20H29N5O4/c1-5-28-17-12-15(6-7-16(17)29-14(2)20(27)24(3)4)13-22-19-9-11-25(23-19)10-8-18(21)26/h6-7,9,11-12,14H,5,8,10,13H2,1-4H3,(H2,21,26)(H,22,23)/t14-/m0/s1. The van der Waals surface area contributed by atoms with Crippen molar-refractivity contribution in [2.75, 3.05) is 26.0 Å². The summed E-state index contributed by atoms with van der Waals surface area (Å²) < 4.78 is 13.2. The number of hydrogen-bond donors (Lipinski definition) is 2. The zero-order chi connectivity index (χ0) is 21.4. The minimum Gasteiger partial charge on any atom is -0.490 e. The molecule has 0 saturated heterocycles. The number of ether oxygens (including phenoxy) is 2. The molecule has 2 aromatic rings. The Morgan fingerprint density at radius 2 is 2.03 bits per heavy atom. The number of anilines is 1. The van der Waals surface area contributed by atoms with Gasteiger partial charge >= 0.3 is 0 Å². The Bertz CT molecular complexity index is 834. The topological polar surface area (TPSA) is 112 Å². The normalized spacial score (nSPS) is 11.6. The third-order valence-electron chi connectivity index (χ3n) is 4.10. The Morgan fingerprint density at radius 3 is 2.69 bits per heavy atom. The maximum absolute atomic E-state index is 12.0. The van der Waals surface area contributed by atoms with Crippen molar-refractivity contribution >= 4 is 17.6 Å². The third kappa shape index (κ3) is 6.70. The van der Waals surface area contributed by atoms with Crippen LogP contribution in [0.25, 0.3) is 0 Å². The number of nitrogens with zero attached hydrogens (tertiary/aromatic N) is 3. The van der Waals surface area contributed by atoms with E-state index in [2.05, 4.69) is 10.4 Å². The van der Waals surface area contributed by atoms with E-state index in [1.807, 2.05) is 25.1 Å². The first-order valence-electron chi connectivity index (χ1n) is 9.49. The molecule has 9 nitrogen and oxygen atoms in total. The Morgan fingerprint density at radius 1 is 1.28 bits per heavy atom. The lowest BCUT2D eigenvalue weighted by molar-refractivity contribution is -0.135. The molecule has 1 atom stereocenters. The van der Waals surface area contributed by atoms with Crippen LogP contribution in [-0.4, -0.2) is 53.3 Å². The molecule has 0 saturated carbocycles. The molecule has 0 bridgehead atoms. The zero-order valence-electron chi connectivity index (χ0n) is 17.3. The Labute approximate surface area is 170 Å². The van der Waals surface area contributed by atoms with Gasteiger partial charge in [-0.15, -0.1) is 0 Å². The molecular formula is C20H29N5O4. The lowest BCUT2D eigenvalue weighted by atomic mass is 10.2. The number of rotatable bonds is 11. The van der Waals surface area contributed by atoms with E-state index >= 15 is 0 Å². The molecule has 9 heteroatoms. The molecule has 29 heavy (non-hydrogen) atoms. The van der Waals surface area contributed by atoms with E-state index in [4.69, 9.17) is 15.2 Å². The van der Waals surface area contributed by atoms with Gasteiger partial charge in [0.15, 0.2) is 17.6 Å². The van der Waals surface area contributed by atoms with Gasteiger partial charge in [0.2, 0.25) is 5.91 Å². The maximum Gasteiger partial charge on any atom is 0.262 e. The average molecular weight is 403 g/mol. The van der Waals surface area contributed by atoms with Crippen LogP contribution in [0.3, 0.4) is 0 Å². The number of nitrogens with one attached hydrogen (secondary N) is 1. The van der Waals surface area contributed by atoms with Gasteiger partial charge in [0, 0.05) is 45.9 Å². The average Bonchev–Trinajstić information content (AvgIpc) is 3.13. The van der Waals surface area contributed by atoms with Gasteiger partial charge in [0.1, 0.15) is 5.82 Å². The van der Waals surface area contributed by atoms with Crippen LogP contribution < -0.4 is 20.5 Å². The highest BCUT2D eigenvalue weighted by atomic mass is 16.5. The molecule has 0 aliphatic carbocycles. The van der Waals surface area contributed by atoms with Crippen LogP contribution in [0.4, 0.5) is 5.82 Å². The molecule has 2 rings (SSSR count). The van der Waals surface area contributed by atoms with E-state index in [0.29, 0.717) is 37.0 Å². The van der Waals surface area contributed by atoms with Crippen LogP contribution in [0, 0.1) is 0 Å². The second kappa shape index (κ2) is 10.4. The summed E-state index contributed by atoms with van der Waals surface area (Å²) in [5.41, 5.74) is 6.13. The van der Waals surface area contributed by atoms with Crippen molar-refractivity contribution < 1.29 is 19.1 Å². The van der Waals surface area contributed by atoms with Gasteiger partial charge in [-0.1, -0.05) is 6.07 Å². The van der Waals surface area contributed by atoms with E-state index in [9.17, 15) is 9.59 Å². The minimum atomic E-state index is -0.613. The summed E-state index contributed by atoms with van der Waals surface area (Å²) in [5, 5.41) is 7.57. The van der Waals surface area contributed by atoms with Gasteiger partial charge < -0.3 is 25.4 Å². The fourth-order valence-corrected chi connectivity index (χ4v) is 2.63. The van der Waals surface area contributed by atoms with Crippen molar-refractivity contribution in [1.29, 1.82) is 0 Å². The second-order valence-corrected chi connectivity index (χ2v) is 6.74. The number of likely N-dealkylation sites (N-methyl/N-ethyl adjacent to an activating group) is 1. The highest BCUT2D eigenvalue weighted by Gasteiger charge is 2.18. The van der Waals surface area contributed by atoms with E-state index in [1.165, 1.54) is 4.90 Å². The van der Waals surface area contributed by atoms with Crippen LogP contribution in [0.1, 0.15) is 25.8 Å². The third-order valence-corrected chi connectivity index (χ3v) is 4.10. The summed E-state index contributed by atoms with van der Waals surface area (Å²) in [6.07, 6.45) is 1.42. The van der Waals surface area contributed by atoms with Crippen LogP contribution in [0.15, 0.2) is 30.5 Å². The fraction of sp³-hybridized carbons (Fsp3) is 0.450. The van der Waals surface area contributed by atoms with E-state index < -0.39 is 6.10 Å². The maximum atomic E-state index is 12.0.